The highest BCUT2D eigenvalue weighted by atomic mass is 16.3. The lowest BCUT2D eigenvalue weighted by atomic mass is 9.97. The Kier molecular flexibility index (Phi) is 4.83. The van der Waals surface area contributed by atoms with Gasteiger partial charge < -0.3 is 9.73 Å². The van der Waals surface area contributed by atoms with Crippen molar-refractivity contribution in [1.29, 1.82) is 0 Å². The fraction of sp³-hybridized carbons (Fsp3) is 0.500. The molecule has 1 N–H and O–H groups in total. The van der Waals surface area contributed by atoms with E-state index in [9.17, 15) is 4.79 Å². The highest BCUT2D eigenvalue weighted by Crippen LogP contribution is 2.47. The molecule has 3 heterocycles. The van der Waals surface area contributed by atoms with Crippen molar-refractivity contribution in [1.82, 2.24) is 15.2 Å². The number of carbonyl (C=O) groups excluding carboxylic acids is 1. The molecule has 4 rings (SSSR count). The molecule has 0 radical (unpaired) electrons. The number of aromatic nitrogens is 1. The van der Waals surface area contributed by atoms with Gasteiger partial charge in [-0.3, -0.25) is 14.7 Å². The maximum atomic E-state index is 12.4. The molecule has 0 spiro atoms. The van der Waals surface area contributed by atoms with Crippen LogP contribution in [0.2, 0.25) is 0 Å². The van der Waals surface area contributed by atoms with E-state index in [1.807, 2.05) is 30.6 Å². The van der Waals surface area contributed by atoms with Gasteiger partial charge in [0.15, 0.2) is 0 Å². The summed E-state index contributed by atoms with van der Waals surface area (Å²) in [5, 5.41) is 3.17. The van der Waals surface area contributed by atoms with Crippen LogP contribution in [0.25, 0.3) is 0 Å². The molecule has 1 saturated heterocycles. The summed E-state index contributed by atoms with van der Waals surface area (Å²) in [5.74, 6) is 2.05. The fourth-order valence-corrected chi connectivity index (χ4v) is 3.89. The molecule has 2 aromatic heterocycles. The standard InChI is InChI=1S/C20H25N3O2/c24-20(18-10-17(18)19-6-3-9-25-19)22-12-16-5-2-8-23(14-16)13-15-4-1-7-21-11-15/h1,3-4,6-7,9,11,16-18H,2,5,8,10,12-14H2,(H,22,24)/t16-,17-,18+/m0/s1. The van der Waals surface area contributed by atoms with Crippen LogP contribution in [0.3, 0.4) is 0 Å². The molecule has 3 atom stereocenters. The highest BCUT2D eigenvalue weighted by molar-refractivity contribution is 5.82. The SMILES string of the molecule is O=C(NC[C@@H]1CCCN(Cc2cccnc2)C1)[C@@H]1C[C@@H]1c1ccco1. The zero-order valence-corrected chi connectivity index (χ0v) is 14.4. The number of piperidine rings is 1. The molecule has 5 nitrogen and oxygen atoms in total. The van der Waals surface area contributed by atoms with Crippen LogP contribution in [0, 0.1) is 11.8 Å². The zero-order chi connectivity index (χ0) is 17.1. The van der Waals surface area contributed by atoms with Crippen molar-refractivity contribution in [3.05, 3.63) is 54.2 Å². The highest BCUT2D eigenvalue weighted by Gasteiger charge is 2.45. The van der Waals surface area contributed by atoms with E-state index in [0.717, 1.165) is 38.4 Å². The largest absolute Gasteiger partial charge is 0.469 e. The van der Waals surface area contributed by atoms with E-state index in [1.165, 1.54) is 18.4 Å². The first kappa shape index (κ1) is 16.3. The molecule has 0 bridgehead atoms. The number of furan rings is 1. The van der Waals surface area contributed by atoms with E-state index < -0.39 is 0 Å². The molecule has 1 saturated carbocycles. The number of rotatable bonds is 6. The summed E-state index contributed by atoms with van der Waals surface area (Å²) >= 11 is 0. The van der Waals surface area contributed by atoms with E-state index in [0.29, 0.717) is 5.92 Å². The molecule has 1 aliphatic carbocycles. The van der Waals surface area contributed by atoms with Crippen molar-refractivity contribution in [3.63, 3.8) is 0 Å². The Balaban J connectivity index is 1.22. The minimum atomic E-state index is 0.0984. The van der Waals surface area contributed by atoms with Crippen molar-refractivity contribution < 1.29 is 9.21 Å². The Morgan fingerprint density at radius 3 is 3.12 bits per heavy atom. The first-order valence-electron chi connectivity index (χ1n) is 9.22. The molecule has 25 heavy (non-hydrogen) atoms. The molecule has 1 amide bonds. The van der Waals surface area contributed by atoms with E-state index in [1.54, 1.807) is 6.26 Å². The van der Waals surface area contributed by atoms with Crippen molar-refractivity contribution in [2.75, 3.05) is 19.6 Å². The molecular formula is C20H25N3O2. The second-order valence-electron chi connectivity index (χ2n) is 7.31. The second kappa shape index (κ2) is 7.40. The van der Waals surface area contributed by atoms with Gasteiger partial charge in [-0.15, -0.1) is 0 Å². The number of likely N-dealkylation sites (tertiary alicyclic amines) is 1. The zero-order valence-electron chi connectivity index (χ0n) is 14.4. The third-order valence-electron chi connectivity index (χ3n) is 5.33. The van der Waals surface area contributed by atoms with E-state index in [-0.39, 0.29) is 17.7 Å². The van der Waals surface area contributed by atoms with E-state index in [4.69, 9.17) is 4.42 Å². The summed E-state index contributed by atoms with van der Waals surface area (Å²) < 4.78 is 5.41. The Bertz CT molecular complexity index is 686. The predicted molar refractivity (Wildman–Crippen MR) is 94.8 cm³/mol. The topological polar surface area (TPSA) is 58.4 Å². The Morgan fingerprint density at radius 2 is 2.32 bits per heavy atom. The lowest BCUT2D eigenvalue weighted by Crippen LogP contribution is -2.41. The molecular weight excluding hydrogens is 314 g/mol. The molecule has 132 valence electrons. The maximum Gasteiger partial charge on any atom is 0.223 e. The Morgan fingerprint density at radius 1 is 1.36 bits per heavy atom. The summed E-state index contributed by atoms with van der Waals surface area (Å²) in [6.07, 6.45) is 8.73. The third-order valence-corrected chi connectivity index (χ3v) is 5.33. The maximum absolute atomic E-state index is 12.4. The number of carbonyl (C=O) groups is 1. The van der Waals surface area contributed by atoms with Crippen molar-refractivity contribution in [2.24, 2.45) is 11.8 Å². The second-order valence-corrected chi connectivity index (χ2v) is 7.31. The van der Waals surface area contributed by atoms with E-state index >= 15 is 0 Å². The number of nitrogens with zero attached hydrogens (tertiary/aromatic N) is 2. The average molecular weight is 339 g/mol. The van der Waals surface area contributed by atoms with Crippen LogP contribution < -0.4 is 5.32 Å². The van der Waals surface area contributed by atoms with Gasteiger partial charge in [0.05, 0.1) is 6.26 Å². The average Bonchev–Trinajstić information content (AvgIpc) is 3.26. The minimum absolute atomic E-state index is 0.0984. The van der Waals surface area contributed by atoms with Crippen LogP contribution in [-0.4, -0.2) is 35.4 Å². The van der Waals surface area contributed by atoms with Crippen LogP contribution in [-0.2, 0) is 11.3 Å². The lowest BCUT2D eigenvalue weighted by molar-refractivity contribution is -0.122. The van der Waals surface area contributed by atoms with Crippen LogP contribution in [0.4, 0.5) is 0 Å². The van der Waals surface area contributed by atoms with Crippen molar-refractivity contribution >= 4 is 5.91 Å². The molecule has 2 fully saturated rings. The van der Waals surface area contributed by atoms with Gasteiger partial charge in [-0.05, 0) is 55.5 Å². The smallest absolute Gasteiger partial charge is 0.223 e. The molecule has 1 aliphatic heterocycles. The number of hydrogen-bond acceptors (Lipinski definition) is 4. The number of nitrogens with one attached hydrogen (secondary N) is 1. The van der Waals surface area contributed by atoms with Crippen molar-refractivity contribution in [2.45, 2.75) is 31.7 Å². The first-order chi connectivity index (χ1) is 12.3. The number of amides is 1. The van der Waals surface area contributed by atoms with Gasteiger partial charge in [0, 0.05) is 43.9 Å². The molecule has 5 heteroatoms. The quantitative estimate of drug-likeness (QED) is 0.879. The van der Waals surface area contributed by atoms with Gasteiger partial charge >= 0.3 is 0 Å². The Labute approximate surface area is 148 Å². The summed E-state index contributed by atoms with van der Waals surface area (Å²) in [4.78, 5) is 19.0. The van der Waals surface area contributed by atoms with Gasteiger partial charge in [0.25, 0.3) is 0 Å². The minimum Gasteiger partial charge on any atom is -0.469 e. The third kappa shape index (κ3) is 4.10. The summed E-state index contributed by atoms with van der Waals surface area (Å²) in [6.45, 7) is 3.90. The summed E-state index contributed by atoms with van der Waals surface area (Å²) in [7, 11) is 0. The van der Waals surface area contributed by atoms with Gasteiger partial charge in [0.1, 0.15) is 5.76 Å². The normalized spacial score (nSPS) is 26.3. The Hall–Kier alpha value is -2.14. The number of pyridine rings is 1. The van der Waals surface area contributed by atoms with Crippen molar-refractivity contribution in [3.8, 4) is 0 Å². The van der Waals surface area contributed by atoms with Crippen LogP contribution in [0.15, 0.2) is 47.3 Å². The van der Waals surface area contributed by atoms with E-state index in [2.05, 4.69) is 21.3 Å². The molecule has 2 aliphatic rings. The molecule has 0 unspecified atom stereocenters. The number of hydrogen-bond donors (Lipinski definition) is 1. The van der Waals surface area contributed by atoms with Gasteiger partial charge in [0.2, 0.25) is 5.91 Å². The molecule has 2 aromatic rings. The molecule has 0 aromatic carbocycles. The summed E-state index contributed by atoms with van der Waals surface area (Å²) in [6, 6.07) is 7.97. The van der Waals surface area contributed by atoms with Gasteiger partial charge in [-0.25, -0.2) is 0 Å². The van der Waals surface area contributed by atoms with Gasteiger partial charge in [-0.1, -0.05) is 6.07 Å². The predicted octanol–water partition coefficient (Wildman–Crippen LogP) is 2.81. The van der Waals surface area contributed by atoms with Gasteiger partial charge in [-0.2, -0.15) is 0 Å². The van der Waals surface area contributed by atoms with Crippen LogP contribution >= 0.6 is 0 Å². The fourth-order valence-electron chi connectivity index (χ4n) is 3.89. The van der Waals surface area contributed by atoms with Crippen LogP contribution in [0.1, 0.15) is 36.5 Å². The lowest BCUT2D eigenvalue weighted by Gasteiger charge is -2.32. The summed E-state index contributed by atoms with van der Waals surface area (Å²) in [5.41, 5.74) is 1.26. The first-order valence-corrected chi connectivity index (χ1v) is 9.22. The van der Waals surface area contributed by atoms with Crippen LogP contribution in [0.5, 0.6) is 0 Å². The monoisotopic (exact) mass is 339 g/mol.